The van der Waals surface area contributed by atoms with E-state index in [1.54, 1.807) is 77.9 Å². The highest BCUT2D eigenvalue weighted by molar-refractivity contribution is 9.11. The lowest BCUT2D eigenvalue weighted by Gasteiger charge is -2.24. The first kappa shape index (κ1) is 90.4. The molecule has 35 nitrogen and oxygen atoms in total. The number of carbonyl (C=O) groups excluding carboxylic acids is 9. The van der Waals surface area contributed by atoms with Crippen LogP contribution in [-0.2, 0) is 47.8 Å². The molecule has 0 bridgehead atoms. The summed E-state index contributed by atoms with van der Waals surface area (Å²) in [5, 5.41) is 73.2. The van der Waals surface area contributed by atoms with Gasteiger partial charge in [-0.1, -0.05) is 34.0 Å². The predicted octanol–water partition coefficient (Wildman–Crippen LogP) is 13.6. The Labute approximate surface area is 741 Å². The number of thiazole rings is 3. The number of aryl methyl sites for hydroxylation is 3. The molecule has 0 spiro atoms. The smallest absolute Gasteiger partial charge is 0.350 e. The monoisotopic (exact) mass is 1950 g/mol. The Morgan fingerprint density at radius 1 is 0.403 bits per heavy atom. The first-order valence-corrected chi connectivity index (χ1v) is 42.0. The van der Waals surface area contributed by atoms with Crippen molar-refractivity contribution in [3.63, 3.8) is 0 Å². The molecule has 41 heteroatoms. The van der Waals surface area contributed by atoms with Crippen molar-refractivity contribution >= 4 is 173 Å². The highest BCUT2D eigenvalue weighted by atomic mass is 79.9. The van der Waals surface area contributed by atoms with E-state index in [-0.39, 0.29) is 131 Å². The van der Waals surface area contributed by atoms with Gasteiger partial charge in [-0.05, 0) is 197 Å². The second-order valence-corrected chi connectivity index (χ2v) is 32.2. The number of anilines is 3. The Bertz CT molecular complexity index is 5420. The quantitative estimate of drug-likeness (QED) is 0.0138. The number of phenols is 3. The van der Waals surface area contributed by atoms with E-state index in [2.05, 4.69) is 62.7 Å². The first-order valence-electron chi connectivity index (χ1n) is 37.2. The Kier molecular flexibility index (Phi) is 27.9. The zero-order valence-corrected chi connectivity index (χ0v) is 74.1. The van der Waals surface area contributed by atoms with Crippen molar-refractivity contribution in [2.24, 2.45) is 0 Å². The number of amides is 3. The molecule has 9 heterocycles. The first-order chi connectivity index (χ1) is 59.2. The van der Waals surface area contributed by atoms with Crippen LogP contribution in [0.3, 0.4) is 0 Å². The third-order valence-corrected chi connectivity index (χ3v) is 24.1. The maximum absolute atomic E-state index is 13.5. The van der Waals surface area contributed by atoms with E-state index >= 15 is 0 Å². The summed E-state index contributed by atoms with van der Waals surface area (Å²) in [6.07, 6.45) is 0. The highest BCUT2D eigenvalue weighted by Gasteiger charge is 2.53. The zero-order valence-electron chi connectivity index (χ0n) is 66.9. The molecule has 0 radical (unpaired) electrons. The summed E-state index contributed by atoms with van der Waals surface area (Å²) >= 11 is 12.5. The van der Waals surface area contributed by atoms with E-state index in [0.717, 1.165) is 55.6 Å². The van der Waals surface area contributed by atoms with Crippen molar-refractivity contribution in [2.75, 3.05) is 95.5 Å². The molecule has 6 aliphatic rings. The minimum Gasteiger partial charge on any atom is -0.507 e. The molecule has 6 aliphatic heterocycles. The number of halogens is 3. The van der Waals surface area contributed by atoms with Crippen LogP contribution in [0, 0.1) is 20.8 Å². The summed E-state index contributed by atoms with van der Waals surface area (Å²) in [7, 11) is 4.06. The summed E-state index contributed by atoms with van der Waals surface area (Å²) in [6.45, 7) is 13.4. The normalized spacial score (nSPS) is 17.3. The Morgan fingerprint density at radius 2 is 0.637 bits per heavy atom. The van der Waals surface area contributed by atoms with Crippen LogP contribution in [0.1, 0.15) is 125 Å². The minimum atomic E-state index is -1.19. The van der Waals surface area contributed by atoms with Gasteiger partial charge in [-0.25, -0.2) is 29.3 Å². The van der Waals surface area contributed by atoms with Gasteiger partial charge in [-0.3, -0.25) is 48.3 Å². The van der Waals surface area contributed by atoms with Gasteiger partial charge in [0.15, 0.2) is 84.4 Å². The molecule has 3 amide bonds. The predicted molar refractivity (Wildman–Crippen MR) is 455 cm³/mol. The number of methoxy groups -OCH3 is 3. The van der Waals surface area contributed by atoms with Crippen LogP contribution >= 0.6 is 81.8 Å². The van der Waals surface area contributed by atoms with Gasteiger partial charge in [0.1, 0.15) is 71.6 Å². The van der Waals surface area contributed by atoms with Crippen LogP contribution in [0.2, 0.25) is 0 Å². The lowest BCUT2D eigenvalue weighted by molar-refractivity contribution is -0.134. The van der Waals surface area contributed by atoms with E-state index in [9.17, 15) is 73.8 Å². The van der Waals surface area contributed by atoms with Crippen molar-refractivity contribution in [1.82, 2.24) is 15.0 Å². The maximum Gasteiger partial charge on any atom is 0.350 e. The molecular formula is C83H73Br3N6O29S3. The van der Waals surface area contributed by atoms with Gasteiger partial charge in [0.25, 0.3) is 23.3 Å². The molecule has 3 saturated heterocycles. The molecule has 3 atom stereocenters. The number of carboxylic acids is 1. The third-order valence-electron chi connectivity index (χ3n) is 18.9. The number of Topliss-reactive ketones (excluding diaryl/α,β-unsaturated/α-hetero) is 3. The fourth-order valence-corrected chi connectivity index (χ4v) is 17.8. The van der Waals surface area contributed by atoms with Crippen molar-refractivity contribution < 1.29 is 141 Å². The molecule has 3 aromatic heterocycles. The number of phenolic OH excluding ortho intramolecular Hbond substituents is 3. The molecule has 9 aromatic rings. The molecule has 6 aromatic carbocycles. The average molecular weight is 1950 g/mol. The number of benzene rings is 6. The number of esters is 3. The number of fused-ring (bicyclic) bond motifs is 3. The zero-order chi connectivity index (χ0) is 89.7. The van der Waals surface area contributed by atoms with Crippen LogP contribution < -0.4 is 57.3 Å². The number of carbonyl (C=O) groups is 10. The number of aromatic hydroxyl groups is 3. The minimum absolute atomic E-state index is 0.0528. The number of carboxylic acid groups (broad SMARTS) is 1. The Balaban J connectivity index is 0.000000166. The summed E-state index contributed by atoms with van der Waals surface area (Å²) in [4.78, 5) is 145. The number of aliphatic carboxylic acids is 1. The van der Waals surface area contributed by atoms with Crippen molar-refractivity contribution in [1.29, 1.82) is 0 Å². The van der Waals surface area contributed by atoms with E-state index in [1.165, 1.54) is 75.9 Å². The second kappa shape index (κ2) is 38.3. The SMILES string of the molecule is CC(=O)O.CCOC(=O)c1sc(N2C(=O)C(=O)/C(=C(/O)c3ccc4c(c3)OCCO4)C2c2cc(Br)c(O)c(OC)c2)nc1C.CCOC(=O)c1sc(N2C(=O)C(=O)/C(=C(/O)c3ccc4c(c3)OCCO4)C2c2cc(Br)c(O)c(OC)c2)nc1C.CCOC(=O)c1sc(N2C(=O)C(=O)/C(=C(/O)c3ccc4c(c3)OCCO4)C2c2cc(Br)c(O)c(OC)c2)nc1C. The Hall–Kier alpha value is -12.8. The number of aliphatic hydroxyl groups excluding tert-OH is 3. The maximum atomic E-state index is 13.5. The third kappa shape index (κ3) is 18.0. The molecule has 0 saturated carbocycles. The van der Waals surface area contributed by atoms with Gasteiger partial charge in [0.2, 0.25) is 0 Å². The van der Waals surface area contributed by atoms with Gasteiger partial charge >= 0.3 is 35.6 Å². The van der Waals surface area contributed by atoms with E-state index in [1.807, 2.05) is 0 Å². The number of hydrogen-bond donors (Lipinski definition) is 7. The molecule has 7 N–H and O–H groups in total. The van der Waals surface area contributed by atoms with Gasteiger partial charge in [-0.2, -0.15) is 0 Å². The van der Waals surface area contributed by atoms with Crippen molar-refractivity contribution in [3.05, 3.63) is 186 Å². The molecule has 648 valence electrons. The lowest BCUT2D eigenvalue weighted by Crippen LogP contribution is -2.29. The van der Waals surface area contributed by atoms with Gasteiger partial charge in [0, 0.05) is 23.6 Å². The van der Waals surface area contributed by atoms with Crippen LogP contribution in [0.15, 0.2) is 121 Å². The topological polar surface area (TPSA) is 471 Å². The fraction of sp³-hybridized carbons (Fsp3) is 0.265. The van der Waals surface area contributed by atoms with E-state index < -0.39 is 94.4 Å². The van der Waals surface area contributed by atoms with Gasteiger partial charge < -0.3 is 92.6 Å². The highest BCUT2D eigenvalue weighted by Crippen LogP contribution is 2.53. The van der Waals surface area contributed by atoms with Crippen LogP contribution in [0.5, 0.6) is 69.0 Å². The number of aliphatic hydroxyl groups is 3. The van der Waals surface area contributed by atoms with E-state index in [0.29, 0.717) is 108 Å². The summed E-state index contributed by atoms with van der Waals surface area (Å²) in [6, 6.07) is 19.3. The van der Waals surface area contributed by atoms with Crippen molar-refractivity contribution in [2.45, 2.75) is 66.6 Å². The lowest BCUT2D eigenvalue weighted by atomic mass is 9.95. The number of aromatic nitrogens is 3. The molecular weight excluding hydrogens is 1880 g/mol. The number of ether oxygens (including phenoxy) is 12. The molecule has 0 aliphatic carbocycles. The molecule has 3 fully saturated rings. The molecule has 3 unspecified atom stereocenters. The summed E-state index contributed by atoms with van der Waals surface area (Å²) in [5.74, 6) is -7.59. The largest absolute Gasteiger partial charge is 0.507 e. The fourth-order valence-electron chi connectivity index (χ4n) is 13.4. The summed E-state index contributed by atoms with van der Waals surface area (Å²) in [5.41, 5.74) is 1.90. The number of rotatable bonds is 18. The number of ketones is 3. The number of hydrogen-bond acceptors (Lipinski definition) is 34. The Morgan fingerprint density at radius 3 is 0.863 bits per heavy atom. The van der Waals surface area contributed by atoms with Crippen LogP contribution in [0.4, 0.5) is 15.4 Å². The molecule has 124 heavy (non-hydrogen) atoms. The number of nitrogens with zero attached hydrogens (tertiary/aromatic N) is 6. The average Bonchev–Trinajstić information content (AvgIpc) is 1.59. The van der Waals surface area contributed by atoms with Gasteiger partial charge in [-0.15, -0.1) is 0 Å². The second-order valence-electron chi connectivity index (χ2n) is 26.7. The summed E-state index contributed by atoms with van der Waals surface area (Å²) < 4.78 is 65.4. The van der Waals surface area contributed by atoms with E-state index in [4.69, 9.17) is 66.7 Å². The standard InChI is InChI=1S/3C27H23BrN2O9S.C2H4O2/c3*1-4-37-26(35)24-12(2)29-27(40-24)30-20(14-9-15(28)22(32)18(11-14)36-3)19(23(33)25(30)34)21(31)13-5-6-16-17(10-13)39-8-7-38-16;1-2(3)4/h3*5-6,9-11,20,31-32H,4,7-8H2,1-3H3;1H3,(H,3,4)/b3*21-19+;. The molecule has 15 rings (SSSR count). The van der Waals surface area contributed by atoms with Crippen molar-refractivity contribution in [3.8, 4) is 69.0 Å². The van der Waals surface area contributed by atoms with Crippen LogP contribution in [0.25, 0.3) is 17.3 Å². The van der Waals surface area contributed by atoms with Crippen LogP contribution in [-0.4, -0.2) is 190 Å². The van der Waals surface area contributed by atoms with Gasteiger partial charge in [0.05, 0.1) is 106 Å².